The molecule has 1 aromatic carbocycles. The van der Waals surface area contributed by atoms with Crippen LogP contribution < -0.4 is 10.1 Å². The maximum Gasteiger partial charge on any atom is 0.329 e. The largest absolute Gasteiger partial charge is 0.491 e. The number of rotatable bonds is 7. The smallest absolute Gasteiger partial charge is 0.329 e. The normalized spacial score (nSPS) is 13.7. The highest BCUT2D eigenvalue weighted by molar-refractivity contribution is 5.80. The van der Waals surface area contributed by atoms with Crippen LogP contribution in [0.1, 0.15) is 31.4 Å². The number of hydrogen-bond acceptors (Lipinski definition) is 4. The minimum absolute atomic E-state index is 0.238. The third-order valence-electron chi connectivity index (χ3n) is 3.41. The molecule has 0 bridgehead atoms. The van der Waals surface area contributed by atoms with E-state index in [4.69, 9.17) is 9.47 Å². The van der Waals surface area contributed by atoms with Crippen LogP contribution in [0.2, 0.25) is 0 Å². The second-order valence-electron chi connectivity index (χ2n) is 5.29. The molecule has 0 fully saturated rings. The summed E-state index contributed by atoms with van der Waals surface area (Å²) in [6.45, 7) is 8.92. The molecule has 0 aliphatic rings. The number of ether oxygens (including phenoxy) is 2. The standard InChI is InChI=1S/C16H25NO3/c1-6-9-17-16(4,15(18)19-5)11-20-14-8-7-12(2)13(3)10-14/h7-8,10,17H,6,9,11H2,1-5H3. The predicted octanol–water partition coefficient (Wildman–Crippen LogP) is 2.61. The SMILES string of the molecule is CCCNC(C)(COc1ccc(C)c(C)c1)C(=O)OC. The average molecular weight is 279 g/mol. The molecule has 1 N–H and O–H groups in total. The first-order chi connectivity index (χ1) is 9.42. The fraction of sp³-hybridized carbons (Fsp3) is 0.562. The topological polar surface area (TPSA) is 47.6 Å². The summed E-state index contributed by atoms with van der Waals surface area (Å²) in [6, 6.07) is 5.91. The summed E-state index contributed by atoms with van der Waals surface area (Å²) in [4.78, 5) is 11.9. The molecule has 0 aliphatic carbocycles. The summed E-state index contributed by atoms with van der Waals surface area (Å²) >= 11 is 0. The third-order valence-corrected chi connectivity index (χ3v) is 3.41. The lowest BCUT2D eigenvalue weighted by molar-refractivity contribution is -0.149. The molecule has 0 radical (unpaired) electrons. The zero-order chi connectivity index (χ0) is 15.2. The number of carbonyl (C=O) groups is 1. The number of benzene rings is 1. The van der Waals surface area contributed by atoms with Crippen molar-refractivity contribution in [1.29, 1.82) is 0 Å². The summed E-state index contributed by atoms with van der Waals surface area (Å²) in [6.07, 6.45) is 0.941. The van der Waals surface area contributed by atoms with Crippen LogP contribution in [0, 0.1) is 13.8 Å². The minimum atomic E-state index is -0.830. The van der Waals surface area contributed by atoms with Gasteiger partial charge in [0.25, 0.3) is 0 Å². The van der Waals surface area contributed by atoms with Crippen molar-refractivity contribution in [3.63, 3.8) is 0 Å². The first-order valence-corrected chi connectivity index (χ1v) is 6.96. The van der Waals surface area contributed by atoms with E-state index >= 15 is 0 Å². The molecule has 0 spiro atoms. The van der Waals surface area contributed by atoms with Gasteiger partial charge in [-0.05, 0) is 57.0 Å². The van der Waals surface area contributed by atoms with E-state index in [1.54, 1.807) is 6.92 Å². The number of aryl methyl sites for hydroxylation is 2. The van der Waals surface area contributed by atoms with E-state index in [1.165, 1.54) is 18.2 Å². The molecule has 4 nitrogen and oxygen atoms in total. The second-order valence-corrected chi connectivity index (χ2v) is 5.29. The molecule has 0 heterocycles. The van der Waals surface area contributed by atoms with Gasteiger partial charge in [-0.2, -0.15) is 0 Å². The third kappa shape index (κ3) is 4.23. The molecule has 0 saturated heterocycles. The van der Waals surface area contributed by atoms with Gasteiger partial charge in [-0.25, -0.2) is 4.79 Å². The summed E-state index contributed by atoms with van der Waals surface area (Å²) in [5, 5.41) is 3.19. The van der Waals surface area contributed by atoms with E-state index in [-0.39, 0.29) is 12.6 Å². The van der Waals surface area contributed by atoms with E-state index in [1.807, 2.05) is 25.1 Å². The number of esters is 1. The van der Waals surface area contributed by atoms with Gasteiger partial charge in [-0.1, -0.05) is 13.0 Å². The first kappa shape index (κ1) is 16.5. The quantitative estimate of drug-likeness (QED) is 0.779. The van der Waals surface area contributed by atoms with Crippen LogP contribution in [-0.2, 0) is 9.53 Å². The highest BCUT2D eigenvalue weighted by Crippen LogP contribution is 2.18. The lowest BCUT2D eigenvalue weighted by atomic mass is 10.0. The van der Waals surface area contributed by atoms with Gasteiger partial charge in [0.2, 0.25) is 0 Å². The molecule has 1 aromatic rings. The Morgan fingerprint density at radius 2 is 2.00 bits per heavy atom. The molecule has 112 valence electrons. The lowest BCUT2D eigenvalue weighted by Gasteiger charge is -2.28. The van der Waals surface area contributed by atoms with E-state index < -0.39 is 5.54 Å². The van der Waals surface area contributed by atoms with Crippen molar-refractivity contribution in [3.8, 4) is 5.75 Å². The summed E-state index contributed by atoms with van der Waals surface area (Å²) in [5.74, 6) is 0.455. The molecule has 0 amide bonds. The van der Waals surface area contributed by atoms with Crippen molar-refractivity contribution < 1.29 is 14.3 Å². The molecule has 0 aliphatic heterocycles. The molecular weight excluding hydrogens is 254 g/mol. The Balaban J connectivity index is 2.75. The van der Waals surface area contributed by atoms with Crippen LogP contribution in [0.15, 0.2) is 18.2 Å². The van der Waals surface area contributed by atoms with Crippen LogP contribution in [0.25, 0.3) is 0 Å². The van der Waals surface area contributed by atoms with Gasteiger partial charge in [0, 0.05) is 0 Å². The van der Waals surface area contributed by atoms with Crippen molar-refractivity contribution in [2.75, 3.05) is 20.3 Å². The maximum absolute atomic E-state index is 11.9. The predicted molar refractivity (Wildman–Crippen MR) is 80.1 cm³/mol. The van der Waals surface area contributed by atoms with E-state index in [2.05, 4.69) is 19.2 Å². The Kier molecular flexibility index (Phi) is 6.02. The van der Waals surface area contributed by atoms with Gasteiger partial charge in [-0.15, -0.1) is 0 Å². The lowest BCUT2D eigenvalue weighted by Crippen LogP contribution is -2.54. The monoisotopic (exact) mass is 279 g/mol. The van der Waals surface area contributed by atoms with Gasteiger partial charge in [-0.3, -0.25) is 5.32 Å². The van der Waals surface area contributed by atoms with Crippen LogP contribution in [0.3, 0.4) is 0 Å². The highest BCUT2D eigenvalue weighted by atomic mass is 16.5. The molecule has 20 heavy (non-hydrogen) atoms. The molecule has 0 saturated carbocycles. The summed E-state index contributed by atoms with van der Waals surface area (Å²) < 4.78 is 10.6. The first-order valence-electron chi connectivity index (χ1n) is 6.96. The molecule has 1 unspecified atom stereocenters. The minimum Gasteiger partial charge on any atom is -0.491 e. The van der Waals surface area contributed by atoms with E-state index in [0.717, 1.165) is 18.7 Å². The van der Waals surface area contributed by atoms with Gasteiger partial charge < -0.3 is 9.47 Å². The van der Waals surface area contributed by atoms with Crippen LogP contribution in [-0.4, -0.2) is 31.8 Å². The van der Waals surface area contributed by atoms with Gasteiger partial charge in [0.15, 0.2) is 0 Å². The summed E-state index contributed by atoms with van der Waals surface area (Å²) in [5.41, 5.74) is 1.56. The van der Waals surface area contributed by atoms with E-state index in [0.29, 0.717) is 0 Å². The summed E-state index contributed by atoms with van der Waals surface area (Å²) in [7, 11) is 1.39. The van der Waals surface area contributed by atoms with Crippen molar-refractivity contribution in [2.24, 2.45) is 0 Å². The number of methoxy groups -OCH3 is 1. The number of hydrogen-bond donors (Lipinski definition) is 1. The Hall–Kier alpha value is -1.55. The second kappa shape index (κ2) is 7.29. The maximum atomic E-state index is 11.9. The Labute approximate surface area is 121 Å². The zero-order valence-electron chi connectivity index (χ0n) is 13.1. The molecule has 0 aromatic heterocycles. The zero-order valence-corrected chi connectivity index (χ0v) is 13.1. The van der Waals surface area contributed by atoms with Crippen LogP contribution >= 0.6 is 0 Å². The fourth-order valence-electron chi connectivity index (χ4n) is 1.84. The molecule has 1 atom stereocenters. The number of nitrogens with one attached hydrogen (secondary N) is 1. The van der Waals surface area contributed by atoms with Crippen molar-refractivity contribution in [1.82, 2.24) is 5.32 Å². The fourth-order valence-corrected chi connectivity index (χ4v) is 1.84. The Morgan fingerprint density at radius 1 is 1.30 bits per heavy atom. The van der Waals surface area contributed by atoms with Crippen LogP contribution in [0.5, 0.6) is 5.75 Å². The molecule has 4 heteroatoms. The highest BCUT2D eigenvalue weighted by Gasteiger charge is 2.34. The average Bonchev–Trinajstić information content (AvgIpc) is 2.45. The van der Waals surface area contributed by atoms with Crippen LogP contribution in [0.4, 0.5) is 0 Å². The van der Waals surface area contributed by atoms with E-state index in [9.17, 15) is 4.79 Å². The Bertz CT molecular complexity index is 459. The van der Waals surface area contributed by atoms with Crippen molar-refractivity contribution in [3.05, 3.63) is 29.3 Å². The van der Waals surface area contributed by atoms with Gasteiger partial charge in [0.05, 0.1) is 7.11 Å². The Morgan fingerprint density at radius 3 is 2.55 bits per heavy atom. The van der Waals surface area contributed by atoms with Crippen molar-refractivity contribution in [2.45, 2.75) is 39.7 Å². The molecular formula is C16H25NO3. The van der Waals surface area contributed by atoms with Crippen molar-refractivity contribution >= 4 is 5.97 Å². The number of carbonyl (C=O) groups excluding carboxylic acids is 1. The molecule has 1 rings (SSSR count). The van der Waals surface area contributed by atoms with Gasteiger partial charge >= 0.3 is 5.97 Å². The van der Waals surface area contributed by atoms with Gasteiger partial charge in [0.1, 0.15) is 17.9 Å².